The molecule has 7 nitrogen and oxygen atoms in total. The smallest absolute Gasteiger partial charge is 0.344 e. The summed E-state index contributed by atoms with van der Waals surface area (Å²) in [5.41, 5.74) is 4.90. The van der Waals surface area contributed by atoms with Crippen LogP contribution in [0.25, 0.3) is 10.8 Å². The molecule has 182 valence electrons. The Morgan fingerprint density at radius 2 is 1.64 bits per heavy atom. The fourth-order valence-electron chi connectivity index (χ4n) is 3.68. The number of hydrogen-bond acceptors (Lipinski definition) is 6. The highest BCUT2D eigenvalue weighted by Crippen LogP contribution is 2.37. The third-order valence-corrected chi connectivity index (χ3v) is 6.03. The first-order valence-electron chi connectivity index (χ1n) is 11.0. The molecule has 0 aliphatic heterocycles. The van der Waals surface area contributed by atoms with E-state index in [-0.39, 0.29) is 5.75 Å². The van der Waals surface area contributed by atoms with Gasteiger partial charge in [0.15, 0.2) is 11.5 Å². The molecule has 0 aromatic heterocycles. The van der Waals surface area contributed by atoms with Gasteiger partial charge in [0.2, 0.25) is 0 Å². The molecular weight excluding hydrogens is 524 g/mol. The van der Waals surface area contributed by atoms with Gasteiger partial charge in [0.25, 0.3) is 5.91 Å². The second kappa shape index (κ2) is 11.0. The average molecular weight is 547 g/mol. The lowest BCUT2D eigenvalue weighted by Crippen LogP contribution is -2.18. The number of esters is 1. The topological polar surface area (TPSA) is 86.2 Å². The van der Waals surface area contributed by atoms with Crippen molar-refractivity contribution in [3.05, 3.63) is 99.5 Å². The monoisotopic (exact) mass is 546 g/mol. The van der Waals surface area contributed by atoms with Crippen LogP contribution in [0, 0.1) is 6.92 Å². The number of rotatable bonds is 7. The maximum Gasteiger partial charge on any atom is 0.344 e. The Bertz CT molecular complexity index is 1480. The number of methoxy groups -OCH3 is 2. The molecule has 0 fully saturated rings. The van der Waals surface area contributed by atoms with Gasteiger partial charge in [-0.25, -0.2) is 10.2 Å². The van der Waals surface area contributed by atoms with Crippen molar-refractivity contribution in [2.45, 2.75) is 6.92 Å². The number of aryl methyl sites for hydroxylation is 1. The fourth-order valence-corrected chi connectivity index (χ4v) is 4.22. The van der Waals surface area contributed by atoms with Crippen molar-refractivity contribution in [1.82, 2.24) is 5.43 Å². The van der Waals surface area contributed by atoms with Gasteiger partial charge in [0, 0.05) is 0 Å². The first kappa shape index (κ1) is 24.9. The SMILES string of the molecule is COc1cc(C)ccc1C(=O)N/N=C\c1cc(Br)c(OC(=O)c2cccc3ccccc23)c(OC)c1. The molecule has 36 heavy (non-hydrogen) atoms. The number of fused-ring (bicyclic) bond motifs is 1. The van der Waals surface area contributed by atoms with Crippen molar-refractivity contribution in [3.8, 4) is 17.2 Å². The molecule has 0 unspecified atom stereocenters. The third kappa shape index (κ3) is 5.39. The van der Waals surface area contributed by atoms with Crippen LogP contribution >= 0.6 is 15.9 Å². The number of carbonyl (C=O) groups is 2. The van der Waals surface area contributed by atoms with Crippen molar-refractivity contribution >= 4 is 44.8 Å². The number of benzene rings is 4. The van der Waals surface area contributed by atoms with E-state index in [4.69, 9.17) is 14.2 Å². The Balaban J connectivity index is 1.53. The number of hydrazone groups is 1. The van der Waals surface area contributed by atoms with Crippen LogP contribution in [0.2, 0.25) is 0 Å². The molecule has 1 amide bonds. The van der Waals surface area contributed by atoms with Crippen LogP contribution in [-0.2, 0) is 0 Å². The first-order valence-corrected chi connectivity index (χ1v) is 11.8. The molecule has 4 aromatic rings. The van der Waals surface area contributed by atoms with Crippen LogP contribution in [0.3, 0.4) is 0 Å². The van der Waals surface area contributed by atoms with Gasteiger partial charge in [-0.05, 0) is 75.1 Å². The minimum Gasteiger partial charge on any atom is -0.496 e. The molecule has 0 saturated carbocycles. The number of halogens is 1. The summed E-state index contributed by atoms with van der Waals surface area (Å²) in [4.78, 5) is 25.5. The maximum atomic E-state index is 13.0. The van der Waals surface area contributed by atoms with Gasteiger partial charge >= 0.3 is 5.97 Å². The highest BCUT2D eigenvalue weighted by molar-refractivity contribution is 9.10. The van der Waals surface area contributed by atoms with Crippen molar-refractivity contribution in [2.75, 3.05) is 14.2 Å². The van der Waals surface area contributed by atoms with E-state index in [1.165, 1.54) is 20.4 Å². The molecule has 1 N–H and O–H groups in total. The predicted octanol–water partition coefficient (Wildman–Crippen LogP) is 5.91. The van der Waals surface area contributed by atoms with Crippen molar-refractivity contribution in [3.63, 3.8) is 0 Å². The van der Waals surface area contributed by atoms with Crippen LogP contribution in [0.15, 0.2) is 82.4 Å². The van der Waals surface area contributed by atoms with Gasteiger partial charge < -0.3 is 14.2 Å². The molecule has 4 aromatic carbocycles. The lowest BCUT2D eigenvalue weighted by atomic mass is 10.0. The maximum absolute atomic E-state index is 13.0. The Hall–Kier alpha value is -4.17. The Morgan fingerprint density at radius 3 is 2.42 bits per heavy atom. The minimum absolute atomic E-state index is 0.237. The average Bonchev–Trinajstić information content (AvgIpc) is 2.89. The van der Waals surface area contributed by atoms with Gasteiger partial charge in [0.05, 0.1) is 36.0 Å². The van der Waals surface area contributed by atoms with Crippen LogP contribution in [0.1, 0.15) is 31.8 Å². The quantitative estimate of drug-likeness (QED) is 0.135. The minimum atomic E-state index is -0.508. The normalized spacial score (nSPS) is 10.9. The molecule has 0 atom stereocenters. The van der Waals surface area contributed by atoms with E-state index in [1.54, 1.807) is 30.3 Å². The molecule has 0 saturated heterocycles. The molecule has 0 heterocycles. The summed E-state index contributed by atoms with van der Waals surface area (Å²) in [6, 6.07) is 21.7. The number of nitrogens with one attached hydrogen (secondary N) is 1. The van der Waals surface area contributed by atoms with E-state index in [2.05, 4.69) is 26.5 Å². The zero-order valence-corrected chi connectivity index (χ0v) is 21.5. The van der Waals surface area contributed by atoms with Gasteiger partial charge in [-0.1, -0.05) is 42.5 Å². The number of hydrogen-bond donors (Lipinski definition) is 1. The second-order valence-electron chi connectivity index (χ2n) is 7.85. The highest BCUT2D eigenvalue weighted by Gasteiger charge is 2.18. The molecule has 0 radical (unpaired) electrons. The summed E-state index contributed by atoms with van der Waals surface area (Å²) in [5.74, 6) is 0.109. The van der Waals surface area contributed by atoms with Crippen LogP contribution in [0.5, 0.6) is 17.2 Å². The van der Waals surface area contributed by atoms with Crippen molar-refractivity contribution in [1.29, 1.82) is 0 Å². The van der Waals surface area contributed by atoms with E-state index in [0.717, 1.165) is 16.3 Å². The highest BCUT2D eigenvalue weighted by atomic mass is 79.9. The summed E-state index contributed by atoms with van der Waals surface area (Å²) in [6.07, 6.45) is 1.46. The van der Waals surface area contributed by atoms with E-state index < -0.39 is 11.9 Å². The van der Waals surface area contributed by atoms with E-state index in [9.17, 15) is 9.59 Å². The third-order valence-electron chi connectivity index (χ3n) is 5.44. The largest absolute Gasteiger partial charge is 0.496 e. The summed E-state index contributed by atoms with van der Waals surface area (Å²) in [6.45, 7) is 1.91. The summed E-state index contributed by atoms with van der Waals surface area (Å²) in [5, 5.41) is 5.78. The van der Waals surface area contributed by atoms with Gasteiger partial charge in [-0.2, -0.15) is 5.10 Å². The first-order chi connectivity index (χ1) is 17.4. The molecular formula is C28H23BrN2O5. The molecule has 0 aliphatic rings. The van der Waals surface area contributed by atoms with Gasteiger partial charge in [0.1, 0.15) is 5.75 Å². The van der Waals surface area contributed by atoms with Gasteiger partial charge in [-0.15, -0.1) is 0 Å². The van der Waals surface area contributed by atoms with Crippen molar-refractivity contribution in [2.24, 2.45) is 5.10 Å². The number of nitrogens with zero attached hydrogens (tertiary/aromatic N) is 1. The van der Waals surface area contributed by atoms with E-state index >= 15 is 0 Å². The van der Waals surface area contributed by atoms with E-state index in [0.29, 0.717) is 32.7 Å². The molecule has 4 rings (SSSR count). The molecule has 0 aliphatic carbocycles. The summed E-state index contributed by atoms with van der Waals surface area (Å²) >= 11 is 3.45. The number of ether oxygens (including phenoxy) is 3. The van der Waals surface area contributed by atoms with Crippen molar-refractivity contribution < 1.29 is 23.8 Å². The Kier molecular flexibility index (Phi) is 7.65. The van der Waals surface area contributed by atoms with Crippen LogP contribution < -0.4 is 19.6 Å². The standard InChI is InChI=1S/C28H23BrN2O5/c1-17-11-12-22(24(13-17)34-2)27(32)31-30-16-18-14-23(29)26(25(15-18)35-3)36-28(33)21-10-6-8-19-7-4-5-9-20(19)21/h4-16H,1-3H3,(H,31,32)/b30-16-. The van der Waals surface area contributed by atoms with Gasteiger partial charge in [-0.3, -0.25) is 4.79 Å². The number of amides is 1. The van der Waals surface area contributed by atoms with Crippen LogP contribution in [-0.4, -0.2) is 32.3 Å². The fraction of sp³-hybridized carbons (Fsp3) is 0.107. The molecule has 0 bridgehead atoms. The summed E-state index contributed by atoms with van der Waals surface area (Å²) in [7, 11) is 2.98. The predicted molar refractivity (Wildman–Crippen MR) is 142 cm³/mol. The number of carbonyl (C=O) groups excluding carboxylic acids is 2. The zero-order valence-electron chi connectivity index (χ0n) is 19.9. The lowest BCUT2D eigenvalue weighted by molar-refractivity contribution is 0.0730. The molecule has 0 spiro atoms. The van der Waals surface area contributed by atoms with Crippen LogP contribution in [0.4, 0.5) is 0 Å². The lowest BCUT2D eigenvalue weighted by Gasteiger charge is -2.13. The van der Waals surface area contributed by atoms with E-state index in [1.807, 2.05) is 49.4 Å². The Morgan fingerprint density at radius 1 is 0.889 bits per heavy atom. The molecule has 8 heteroatoms. The Labute approximate surface area is 216 Å². The summed E-state index contributed by atoms with van der Waals surface area (Å²) < 4.78 is 16.9. The second-order valence-corrected chi connectivity index (χ2v) is 8.71. The zero-order chi connectivity index (χ0) is 25.7.